The van der Waals surface area contributed by atoms with Gasteiger partial charge in [-0.15, -0.1) is 4.72 Å². The van der Waals surface area contributed by atoms with E-state index in [0.717, 1.165) is 5.92 Å². The number of rotatable bonds is 2. The third-order valence-electron chi connectivity index (χ3n) is 3.73. The molecule has 0 aromatic carbocycles. The van der Waals surface area contributed by atoms with Gasteiger partial charge in [-0.25, -0.2) is 0 Å². The van der Waals surface area contributed by atoms with Crippen molar-refractivity contribution >= 4 is 11.4 Å². The molecule has 1 aliphatic carbocycles. The molecule has 0 aliphatic heterocycles. The fourth-order valence-corrected chi connectivity index (χ4v) is 3.28. The highest BCUT2D eigenvalue weighted by Crippen LogP contribution is 2.38. The second-order valence-corrected chi connectivity index (χ2v) is 9.42. The van der Waals surface area contributed by atoms with Gasteiger partial charge in [0.25, 0.3) is 0 Å². The molecule has 0 bridgehead atoms. The fourth-order valence-electron chi connectivity index (χ4n) is 2.41. The van der Waals surface area contributed by atoms with Crippen molar-refractivity contribution in [2.24, 2.45) is 11.3 Å². The molecule has 0 spiro atoms. The molecule has 1 unspecified atom stereocenters. The van der Waals surface area contributed by atoms with E-state index in [-0.39, 0.29) is 4.75 Å². The van der Waals surface area contributed by atoms with Crippen LogP contribution in [0.2, 0.25) is 0 Å². The van der Waals surface area contributed by atoms with Crippen LogP contribution in [0.1, 0.15) is 67.2 Å². The lowest BCUT2D eigenvalue weighted by molar-refractivity contribution is 0.161. The van der Waals surface area contributed by atoms with Crippen LogP contribution in [-0.4, -0.2) is 15.3 Å². The summed E-state index contributed by atoms with van der Waals surface area (Å²) in [5.41, 5.74) is 0.379. The summed E-state index contributed by atoms with van der Waals surface area (Å²) in [6.07, 6.45) is 4.94. The highest BCUT2D eigenvalue weighted by atomic mass is 32.2. The predicted molar refractivity (Wildman–Crippen MR) is 76.2 cm³/mol. The summed E-state index contributed by atoms with van der Waals surface area (Å²) >= 11 is -0.927. The summed E-state index contributed by atoms with van der Waals surface area (Å²) in [6.45, 7) is 13.0. The SMILES string of the molecule is CC(C)(C)[C@H]1CCCC(N[S@+]([O-])C(C)(C)C)C1. The normalized spacial score (nSPS) is 29.1. The van der Waals surface area contributed by atoms with Gasteiger partial charge in [-0.05, 0) is 51.4 Å². The van der Waals surface area contributed by atoms with Crippen molar-refractivity contribution in [3.63, 3.8) is 0 Å². The van der Waals surface area contributed by atoms with Crippen LogP contribution in [0.4, 0.5) is 0 Å². The lowest BCUT2D eigenvalue weighted by atomic mass is 9.71. The number of hydrogen-bond donors (Lipinski definition) is 1. The van der Waals surface area contributed by atoms with E-state index in [2.05, 4.69) is 25.5 Å². The summed E-state index contributed by atoms with van der Waals surface area (Å²) in [6, 6.07) is 0.438. The molecule has 3 heteroatoms. The molecule has 102 valence electrons. The minimum atomic E-state index is -0.927. The van der Waals surface area contributed by atoms with Gasteiger partial charge < -0.3 is 4.55 Å². The minimum Gasteiger partial charge on any atom is -0.598 e. The molecule has 17 heavy (non-hydrogen) atoms. The van der Waals surface area contributed by atoms with Crippen LogP contribution in [0.3, 0.4) is 0 Å². The third-order valence-corrected chi connectivity index (χ3v) is 5.39. The number of hydrogen-bond acceptors (Lipinski definition) is 2. The molecule has 0 radical (unpaired) electrons. The predicted octanol–water partition coefficient (Wildman–Crippen LogP) is 3.64. The van der Waals surface area contributed by atoms with Crippen LogP contribution in [-0.2, 0) is 11.4 Å². The van der Waals surface area contributed by atoms with Gasteiger partial charge in [-0.1, -0.05) is 27.2 Å². The summed E-state index contributed by atoms with van der Waals surface area (Å²) < 4.78 is 15.3. The van der Waals surface area contributed by atoms with Gasteiger partial charge in [0.1, 0.15) is 4.75 Å². The Bertz CT molecular complexity index is 240. The van der Waals surface area contributed by atoms with Crippen LogP contribution in [0.15, 0.2) is 0 Å². The molecule has 0 amide bonds. The van der Waals surface area contributed by atoms with Crippen molar-refractivity contribution in [1.29, 1.82) is 0 Å². The first-order valence-corrected chi connectivity index (χ1v) is 7.94. The van der Waals surface area contributed by atoms with E-state index in [9.17, 15) is 4.55 Å². The monoisotopic (exact) mass is 259 g/mol. The maximum atomic E-state index is 12.1. The Labute approximate surface area is 110 Å². The molecule has 1 rings (SSSR count). The molecule has 0 saturated heterocycles. The minimum absolute atomic E-state index is 0.158. The molecule has 1 N–H and O–H groups in total. The first-order chi connectivity index (χ1) is 7.60. The lowest BCUT2D eigenvalue weighted by Crippen LogP contribution is -2.47. The topological polar surface area (TPSA) is 35.1 Å². The Morgan fingerprint density at radius 3 is 2.12 bits per heavy atom. The van der Waals surface area contributed by atoms with Crippen LogP contribution >= 0.6 is 0 Å². The van der Waals surface area contributed by atoms with Crippen molar-refractivity contribution in [3.05, 3.63) is 0 Å². The van der Waals surface area contributed by atoms with Crippen LogP contribution in [0, 0.1) is 11.3 Å². The van der Waals surface area contributed by atoms with E-state index in [1.165, 1.54) is 25.7 Å². The first-order valence-electron chi connectivity index (χ1n) is 6.79. The van der Waals surface area contributed by atoms with Crippen molar-refractivity contribution in [2.45, 2.75) is 78.0 Å². The van der Waals surface area contributed by atoms with Gasteiger partial charge in [0, 0.05) is 11.4 Å². The van der Waals surface area contributed by atoms with Gasteiger partial charge in [0.2, 0.25) is 0 Å². The summed E-state index contributed by atoms with van der Waals surface area (Å²) in [7, 11) is 0. The maximum absolute atomic E-state index is 12.1. The maximum Gasteiger partial charge on any atom is 0.136 e. The third kappa shape index (κ3) is 4.80. The van der Waals surface area contributed by atoms with E-state index in [4.69, 9.17) is 0 Å². The highest BCUT2D eigenvalue weighted by molar-refractivity contribution is 7.90. The zero-order valence-electron chi connectivity index (χ0n) is 12.3. The Hall–Kier alpha value is 0.270. The van der Waals surface area contributed by atoms with Crippen molar-refractivity contribution in [2.75, 3.05) is 0 Å². The van der Waals surface area contributed by atoms with E-state index in [0.29, 0.717) is 11.5 Å². The Morgan fingerprint density at radius 2 is 1.65 bits per heavy atom. The summed E-state index contributed by atoms with van der Waals surface area (Å²) in [5, 5.41) is 0. The Morgan fingerprint density at radius 1 is 1.06 bits per heavy atom. The van der Waals surface area contributed by atoms with Gasteiger partial charge in [-0.3, -0.25) is 0 Å². The van der Waals surface area contributed by atoms with Gasteiger partial charge in [-0.2, -0.15) is 0 Å². The van der Waals surface area contributed by atoms with Gasteiger partial charge >= 0.3 is 0 Å². The van der Waals surface area contributed by atoms with Crippen molar-refractivity contribution in [3.8, 4) is 0 Å². The average molecular weight is 259 g/mol. The Kier molecular flexibility index (Phi) is 4.96. The molecule has 1 fully saturated rings. The Balaban J connectivity index is 2.51. The molecular weight excluding hydrogens is 230 g/mol. The quantitative estimate of drug-likeness (QED) is 0.768. The van der Waals surface area contributed by atoms with Crippen LogP contribution in [0.5, 0.6) is 0 Å². The van der Waals surface area contributed by atoms with E-state index >= 15 is 0 Å². The van der Waals surface area contributed by atoms with Crippen molar-refractivity contribution in [1.82, 2.24) is 4.72 Å². The molecular formula is C14H29NOS. The van der Waals surface area contributed by atoms with E-state index < -0.39 is 11.4 Å². The lowest BCUT2D eigenvalue weighted by Gasteiger charge is -2.38. The molecule has 1 aliphatic rings. The van der Waals surface area contributed by atoms with Gasteiger partial charge in [0.05, 0.1) is 6.04 Å². The first kappa shape index (κ1) is 15.3. The summed E-state index contributed by atoms with van der Waals surface area (Å²) in [4.78, 5) is 0. The van der Waals surface area contributed by atoms with E-state index in [1.54, 1.807) is 0 Å². The molecule has 0 aromatic rings. The smallest absolute Gasteiger partial charge is 0.136 e. The zero-order chi connectivity index (χ0) is 13.3. The molecule has 3 atom stereocenters. The fraction of sp³-hybridized carbons (Fsp3) is 1.00. The largest absolute Gasteiger partial charge is 0.598 e. The van der Waals surface area contributed by atoms with Crippen LogP contribution in [0.25, 0.3) is 0 Å². The summed E-state index contributed by atoms with van der Waals surface area (Å²) in [5.74, 6) is 0.755. The van der Waals surface area contributed by atoms with Crippen LogP contribution < -0.4 is 4.72 Å². The highest BCUT2D eigenvalue weighted by Gasteiger charge is 2.35. The molecule has 0 heterocycles. The molecule has 2 nitrogen and oxygen atoms in total. The van der Waals surface area contributed by atoms with E-state index in [1.807, 2.05) is 20.8 Å². The second kappa shape index (κ2) is 5.50. The standard InChI is InChI=1S/C14H29NOS/c1-13(2,3)11-8-7-9-12(10-11)15-17(16)14(4,5)6/h11-12,15H,7-10H2,1-6H3/t11-,12?,17+/m0/s1. The second-order valence-electron chi connectivity index (χ2n) is 7.43. The van der Waals surface area contributed by atoms with Crippen molar-refractivity contribution < 1.29 is 4.55 Å². The average Bonchev–Trinajstić information content (AvgIpc) is 2.15. The molecule has 1 saturated carbocycles. The zero-order valence-corrected chi connectivity index (χ0v) is 13.1. The number of nitrogens with one attached hydrogen (secondary N) is 1. The molecule has 0 aromatic heterocycles. The van der Waals surface area contributed by atoms with Gasteiger partial charge in [0.15, 0.2) is 0 Å².